The number of methoxy groups -OCH3 is 1. The minimum Gasteiger partial charge on any atom is -0.493 e. The van der Waals surface area contributed by atoms with Gasteiger partial charge in [-0.3, -0.25) is 4.79 Å². The maximum absolute atomic E-state index is 12.5. The Kier molecular flexibility index (Phi) is 5.88. The molecule has 6 nitrogen and oxygen atoms in total. The number of aryl methyl sites for hydroxylation is 1. The third kappa shape index (κ3) is 4.64. The highest BCUT2D eigenvalue weighted by Gasteiger charge is 2.16. The van der Waals surface area contributed by atoms with Gasteiger partial charge in [0.2, 0.25) is 11.8 Å². The Hall–Kier alpha value is -3.42. The molecule has 0 aliphatic heterocycles. The summed E-state index contributed by atoms with van der Waals surface area (Å²) in [5, 5.41) is 2.63. The number of alkyl halides is 2. The summed E-state index contributed by atoms with van der Waals surface area (Å²) in [6, 6.07) is 13.6. The van der Waals surface area contributed by atoms with Crippen molar-refractivity contribution in [3.8, 4) is 23.0 Å². The molecule has 8 heteroatoms. The molecule has 1 amide bonds. The molecule has 1 N–H and O–H groups in total. The monoisotopic (exact) mass is 388 g/mol. The summed E-state index contributed by atoms with van der Waals surface area (Å²) in [5.41, 5.74) is 1.60. The first-order valence-electron chi connectivity index (χ1n) is 8.40. The molecular formula is C20H18F2N2O4. The molecule has 1 aromatic heterocycles. The van der Waals surface area contributed by atoms with E-state index in [0.717, 1.165) is 5.56 Å². The third-order valence-corrected chi connectivity index (χ3v) is 3.90. The van der Waals surface area contributed by atoms with Crippen molar-refractivity contribution in [1.82, 2.24) is 4.98 Å². The molecule has 0 saturated heterocycles. The first kappa shape index (κ1) is 19.3. The number of hydrogen-bond acceptors (Lipinski definition) is 5. The number of halogens is 2. The first-order valence-corrected chi connectivity index (χ1v) is 8.40. The normalized spacial score (nSPS) is 10.8. The number of nitrogens with one attached hydrogen (secondary N) is 1. The first-order chi connectivity index (χ1) is 13.5. The molecule has 1 heterocycles. The maximum Gasteiger partial charge on any atom is 0.387 e. The Balaban J connectivity index is 1.72. The summed E-state index contributed by atoms with van der Waals surface area (Å²) in [7, 11) is 1.34. The quantitative estimate of drug-likeness (QED) is 0.648. The zero-order valence-corrected chi connectivity index (χ0v) is 15.2. The predicted molar refractivity (Wildman–Crippen MR) is 98.6 cm³/mol. The smallest absolute Gasteiger partial charge is 0.387 e. The number of aromatic nitrogens is 1. The highest BCUT2D eigenvalue weighted by atomic mass is 19.3. The Labute approximate surface area is 160 Å². The number of ether oxygens (including phenoxy) is 2. The molecule has 2 aromatic carbocycles. The second-order valence-electron chi connectivity index (χ2n) is 5.86. The third-order valence-electron chi connectivity index (χ3n) is 3.90. The van der Waals surface area contributed by atoms with Gasteiger partial charge in [0.05, 0.1) is 19.2 Å². The van der Waals surface area contributed by atoms with Crippen molar-refractivity contribution in [2.45, 2.75) is 20.0 Å². The lowest BCUT2D eigenvalue weighted by atomic mass is 10.2. The fourth-order valence-electron chi connectivity index (χ4n) is 2.60. The summed E-state index contributed by atoms with van der Waals surface area (Å²) < 4.78 is 40.1. The van der Waals surface area contributed by atoms with Crippen LogP contribution >= 0.6 is 0 Å². The summed E-state index contributed by atoms with van der Waals surface area (Å²) in [6.07, 6.45) is -0.0285. The fourth-order valence-corrected chi connectivity index (χ4v) is 2.60. The lowest BCUT2D eigenvalue weighted by molar-refractivity contribution is -0.115. The van der Waals surface area contributed by atoms with E-state index in [1.165, 1.54) is 25.3 Å². The Bertz CT molecular complexity index is 958. The van der Waals surface area contributed by atoms with Crippen molar-refractivity contribution in [1.29, 1.82) is 0 Å². The molecule has 0 bridgehead atoms. The fraction of sp³-hybridized carbons (Fsp3) is 0.200. The second-order valence-corrected chi connectivity index (χ2v) is 5.86. The van der Waals surface area contributed by atoms with Crippen molar-refractivity contribution < 1.29 is 27.5 Å². The van der Waals surface area contributed by atoms with Gasteiger partial charge in [0.15, 0.2) is 11.5 Å². The zero-order chi connectivity index (χ0) is 20.1. The Morgan fingerprint density at radius 2 is 1.93 bits per heavy atom. The topological polar surface area (TPSA) is 73.6 Å². The number of benzene rings is 2. The van der Waals surface area contributed by atoms with Gasteiger partial charge in [-0.25, -0.2) is 4.98 Å². The number of hydrogen-bond donors (Lipinski definition) is 1. The Morgan fingerprint density at radius 1 is 1.18 bits per heavy atom. The molecule has 3 aromatic rings. The predicted octanol–water partition coefficient (Wildman–Crippen LogP) is 4.44. The van der Waals surface area contributed by atoms with E-state index in [4.69, 9.17) is 9.15 Å². The van der Waals surface area contributed by atoms with Crippen LogP contribution < -0.4 is 14.8 Å². The van der Waals surface area contributed by atoms with E-state index in [-0.39, 0.29) is 23.8 Å². The van der Waals surface area contributed by atoms with Crippen molar-refractivity contribution in [2.24, 2.45) is 0 Å². The van der Waals surface area contributed by atoms with Crippen molar-refractivity contribution in [3.63, 3.8) is 0 Å². The summed E-state index contributed by atoms with van der Waals surface area (Å²) in [6.45, 7) is -1.28. The molecule has 0 fully saturated rings. The van der Waals surface area contributed by atoms with Crippen LogP contribution in [-0.4, -0.2) is 24.6 Å². The van der Waals surface area contributed by atoms with Crippen LogP contribution in [0.4, 0.5) is 14.5 Å². The molecular weight excluding hydrogens is 370 g/mol. The van der Waals surface area contributed by atoms with Crippen molar-refractivity contribution in [2.75, 3.05) is 12.4 Å². The SMILES string of the molecule is COc1ccc(NC(=O)Cc2nc(-c3ccccc3)oc2C)cc1OC(F)F. The molecule has 0 saturated carbocycles. The highest BCUT2D eigenvalue weighted by Crippen LogP contribution is 2.31. The van der Waals surface area contributed by atoms with Gasteiger partial charge in [0, 0.05) is 17.3 Å². The molecule has 0 atom stereocenters. The second kappa shape index (κ2) is 8.51. The van der Waals surface area contributed by atoms with E-state index in [1.807, 2.05) is 30.3 Å². The van der Waals surface area contributed by atoms with E-state index in [1.54, 1.807) is 6.92 Å². The molecule has 0 radical (unpaired) electrons. The largest absolute Gasteiger partial charge is 0.493 e. The minimum absolute atomic E-state index is 0.0285. The van der Waals surface area contributed by atoms with E-state index >= 15 is 0 Å². The summed E-state index contributed by atoms with van der Waals surface area (Å²) in [4.78, 5) is 16.7. The molecule has 3 rings (SSSR count). The van der Waals surface area contributed by atoms with Gasteiger partial charge in [0.1, 0.15) is 5.76 Å². The van der Waals surface area contributed by atoms with E-state index in [9.17, 15) is 13.6 Å². The van der Waals surface area contributed by atoms with Crippen LogP contribution in [0.3, 0.4) is 0 Å². The number of carbonyl (C=O) groups is 1. The number of anilines is 1. The molecule has 0 spiro atoms. The lowest BCUT2D eigenvalue weighted by Gasteiger charge is -2.12. The van der Waals surface area contributed by atoms with Gasteiger partial charge in [-0.1, -0.05) is 18.2 Å². The molecule has 0 aliphatic rings. The number of nitrogens with zero attached hydrogens (tertiary/aromatic N) is 1. The van der Waals surface area contributed by atoms with Crippen LogP contribution in [0, 0.1) is 6.92 Å². The van der Waals surface area contributed by atoms with Crippen LogP contribution in [0.25, 0.3) is 11.5 Å². The number of oxazole rings is 1. The van der Waals surface area contributed by atoms with Crippen molar-refractivity contribution in [3.05, 3.63) is 60.0 Å². The minimum atomic E-state index is -3.01. The van der Waals surface area contributed by atoms with E-state index < -0.39 is 6.61 Å². The molecule has 0 unspecified atom stereocenters. The maximum atomic E-state index is 12.5. The Morgan fingerprint density at radius 3 is 2.61 bits per heavy atom. The van der Waals surface area contributed by atoms with Crippen LogP contribution in [0.5, 0.6) is 11.5 Å². The van der Waals surface area contributed by atoms with E-state index in [2.05, 4.69) is 15.0 Å². The molecule has 0 aliphatic carbocycles. The summed E-state index contributed by atoms with van der Waals surface area (Å²) in [5.74, 6) is 0.560. The zero-order valence-electron chi connectivity index (χ0n) is 15.2. The van der Waals surface area contributed by atoms with Crippen LogP contribution in [-0.2, 0) is 11.2 Å². The van der Waals surface area contributed by atoms with Gasteiger partial charge in [0.25, 0.3) is 0 Å². The molecule has 28 heavy (non-hydrogen) atoms. The van der Waals surface area contributed by atoms with Crippen LogP contribution in [0.15, 0.2) is 52.9 Å². The number of amides is 1. The van der Waals surface area contributed by atoms with Gasteiger partial charge in [-0.2, -0.15) is 8.78 Å². The average Bonchev–Trinajstić information content (AvgIpc) is 3.02. The molecule has 146 valence electrons. The number of carbonyl (C=O) groups excluding carboxylic acids is 1. The lowest BCUT2D eigenvalue weighted by Crippen LogP contribution is -2.15. The summed E-state index contributed by atoms with van der Waals surface area (Å²) >= 11 is 0. The number of rotatable bonds is 7. The van der Waals surface area contributed by atoms with Gasteiger partial charge >= 0.3 is 6.61 Å². The van der Waals surface area contributed by atoms with Gasteiger partial charge < -0.3 is 19.2 Å². The van der Waals surface area contributed by atoms with E-state index in [0.29, 0.717) is 23.0 Å². The standard InChI is InChI=1S/C20H18F2N2O4/c1-12-15(24-19(27-12)13-6-4-3-5-7-13)11-18(25)23-14-8-9-16(26-2)17(10-14)28-20(21)22/h3-10,20H,11H2,1-2H3,(H,23,25). The highest BCUT2D eigenvalue weighted by molar-refractivity contribution is 5.92. The van der Waals surface area contributed by atoms with Gasteiger partial charge in [-0.15, -0.1) is 0 Å². The van der Waals surface area contributed by atoms with Crippen LogP contribution in [0.2, 0.25) is 0 Å². The van der Waals surface area contributed by atoms with Crippen molar-refractivity contribution >= 4 is 11.6 Å². The average molecular weight is 388 g/mol. The van der Waals surface area contributed by atoms with Gasteiger partial charge in [-0.05, 0) is 31.2 Å². The van der Waals surface area contributed by atoms with Crippen LogP contribution in [0.1, 0.15) is 11.5 Å².